The number of unbranched alkanes of at least 4 members (excludes halogenated alkanes) is 1. The lowest BCUT2D eigenvalue weighted by Crippen LogP contribution is -2.25. The van der Waals surface area contributed by atoms with Crippen LogP contribution in [0, 0.1) is 6.92 Å². The van der Waals surface area contributed by atoms with Crippen LogP contribution in [0.25, 0.3) is 5.69 Å². The summed E-state index contributed by atoms with van der Waals surface area (Å²) in [6.45, 7) is 3.09. The van der Waals surface area contributed by atoms with Crippen molar-refractivity contribution in [3.05, 3.63) is 46.7 Å². The van der Waals surface area contributed by atoms with Gasteiger partial charge in [-0.1, -0.05) is 11.6 Å². The largest absolute Gasteiger partial charge is 0.352 e. The molecule has 0 radical (unpaired) electrons. The van der Waals surface area contributed by atoms with Gasteiger partial charge in [-0.15, -0.1) is 12.4 Å². The maximum absolute atomic E-state index is 12.1. The summed E-state index contributed by atoms with van der Waals surface area (Å²) < 4.78 is 1.68. The van der Waals surface area contributed by atoms with E-state index in [1.54, 1.807) is 23.0 Å². The number of aryl methyl sites for hydroxylation is 1. The number of nitrogens with one attached hydrogen (secondary N) is 1. The van der Waals surface area contributed by atoms with Crippen molar-refractivity contribution in [2.45, 2.75) is 19.8 Å². The Morgan fingerprint density at radius 1 is 1.32 bits per heavy atom. The Hall–Kier alpha value is -1.56. The van der Waals surface area contributed by atoms with Crippen LogP contribution in [0.1, 0.15) is 28.9 Å². The monoisotopic (exact) mass is 342 g/mol. The maximum Gasteiger partial charge on any atom is 0.254 e. The molecule has 0 saturated heterocycles. The van der Waals surface area contributed by atoms with E-state index >= 15 is 0 Å². The topological polar surface area (TPSA) is 72.9 Å². The van der Waals surface area contributed by atoms with Gasteiger partial charge in [-0.2, -0.15) is 5.10 Å². The fraction of sp³-hybridized carbons (Fsp3) is 0.333. The lowest BCUT2D eigenvalue weighted by Gasteiger charge is -2.03. The van der Waals surface area contributed by atoms with Gasteiger partial charge in [-0.05, 0) is 50.6 Å². The smallest absolute Gasteiger partial charge is 0.254 e. The Balaban J connectivity index is 0.00000242. The molecule has 5 nitrogen and oxygen atoms in total. The first-order chi connectivity index (χ1) is 10.1. The molecular formula is C15H20Cl2N4O. The van der Waals surface area contributed by atoms with E-state index < -0.39 is 0 Å². The minimum atomic E-state index is -0.107. The molecule has 1 aromatic heterocycles. The van der Waals surface area contributed by atoms with Crippen LogP contribution >= 0.6 is 24.0 Å². The fourth-order valence-electron chi connectivity index (χ4n) is 1.98. The lowest BCUT2D eigenvalue weighted by atomic mass is 10.2. The van der Waals surface area contributed by atoms with Crippen molar-refractivity contribution in [1.29, 1.82) is 0 Å². The standard InChI is InChI=1S/C15H19ClN4O.ClH/c1-11-14(15(21)18-9-3-2-8-17)10-20(19-11)13-6-4-12(16)5-7-13;/h4-7,10H,2-3,8-9,17H2,1H3,(H,18,21);1H. The van der Waals surface area contributed by atoms with E-state index in [0.29, 0.717) is 29.4 Å². The highest BCUT2D eigenvalue weighted by atomic mass is 35.5. The lowest BCUT2D eigenvalue weighted by molar-refractivity contribution is 0.0952. The van der Waals surface area contributed by atoms with Gasteiger partial charge in [0.1, 0.15) is 0 Å². The van der Waals surface area contributed by atoms with Crippen LogP contribution in [0.15, 0.2) is 30.5 Å². The Labute approximate surface area is 141 Å². The average molecular weight is 343 g/mol. The minimum absolute atomic E-state index is 0. The Morgan fingerprint density at radius 2 is 2.00 bits per heavy atom. The number of amides is 1. The third-order valence-corrected chi connectivity index (χ3v) is 3.40. The van der Waals surface area contributed by atoms with Crippen LogP contribution in [0.2, 0.25) is 5.02 Å². The summed E-state index contributed by atoms with van der Waals surface area (Å²) in [5.41, 5.74) is 7.57. The van der Waals surface area contributed by atoms with Crippen molar-refractivity contribution in [2.75, 3.05) is 13.1 Å². The number of halogens is 2. The molecule has 0 bridgehead atoms. The van der Waals surface area contributed by atoms with E-state index in [4.69, 9.17) is 17.3 Å². The molecule has 1 heterocycles. The van der Waals surface area contributed by atoms with Gasteiger partial charge in [-0.25, -0.2) is 4.68 Å². The third-order valence-electron chi connectivity index (χ3n) is 3.15. The highest BCUT2D eigenvalue weighted by molar-refractivity contribution is 6.30. The number of hydrogen-bond acceptors (Lipinski definition) is 3. The molecule has 1 amide bonds. The summed E-state index contributed by atoms with van der Waals surface area (Å²) in [5.74, 6) is -0.107. The number of benzene rings is 1. The third kappa shape index (κ3) is 4.73. The van der Waals surface area contributed by atoms with Gasteiger partial charge in [0.05, 0.1) is 16.9 Å². The molecule has 3 N–H and O–H groups in total. The molecule has 2 aromatic rings. The summed E-state index contributed by atoms with van der Waals surface area (Å²) in [6, 6.07) is 7.30. The zero-order valence-electron chi connectivity index (χ0n) is 12.4. The first-order valence-electron chi connectivity index (χ1n) is 6.92. The molecule has 0 unspecified atom stereocenters. The Bertz CT molecular complexity index is 611. The molecule has 0 spiro atoms. The molecule has 0 aliphatic rings. The van der Waals surface area contributed by atoms with E-state index in [0.717, 1.165) is 18.5 Å². The second kappa shape index (κ2) is 8.78. The van der Waals surface area contributed by atoms with Gasteiger partial charge in [-0.3, -0.25) is 4.79 Å². The van der Waals surface area contributed by atoms with Gasteiger partial charge < -0.3 is 11.1 Å². The summed E-state index contributed by atoms with van der Waals surface area (Å²) in [7, 11) is 0. The van der Waals surface area contributed by atoms with Crippen molar-refractivity contribution in [1.82, 2.24) is 15.1 Å². The fourth-order valence-corrected chi connectivity index (χ4v) is 2.10. The predicted molar refractivity (Wildman–Crippen MR) is 91.2 cm³/mol. The molecule has 120 valence electrons. The SMILES string of the molecule is Cc1nn(-c2ccc(Cl)cc2)cc1C(=O)NCCCCN.Cl. The molecule has 22 heavy (non-hydrogen) atoms. The van der Waals surface area contributed by atoms with Crippen molar-refractivity contribution in [2.24, 2.45) is 5.73 Å². The number of rotatable bonds is 6. The van der Waals surface area contributed by atoms with Crippen molar-refractivity contribution in [3.8, 4) is 5.69 Å². The highest BCUT2D eigenvalue weighted by Crippen LogP contribution is 2.15. The Kier molecular flexibility index (Phi) is 7.38. The second-order valence-corrected chi connectivity index (χ2v) is 5.24. The molecule has 2 rings (SSSR count). The van der Waals surface area contributed by atoms with Crippen LogP contribution in [0.5, 0.6) is 0 Å². The number of carbonyl (C=O) groups excluding carboxylic acids is 1. The van der Waals surface area contributed by atoms with Gasteiger partial charge in [0.25, 0.3) is 5.91 Å². The molecule has 0 fully saturated rings. The summed E-state index contributed by atoms with van der Waals surface area (Å²) in [5, 5.41) is 7.92. The minimum Gasteiger partial charge on any atom is -0.352 e. The van der Waals surface area contributed by atoms with Crippen molar-refractivity contribution in [3.63, 3.8) is 0 Å². The molecule has 0 aliphatic heterocycles. The second-order valence-electron chi connectivity index (χ2n) is 4.80. The zero-order chi connectivity index (χ0) is 15.2. The van der Waals surface area contributed by atoms with Gasteiger partial charge >= 0.3 is 0 Å². The van der Waals surface area contributed by atoms with Crippen molar-refractivity contribution < 1.29 is 4.79 Å². The highest BCUT2D eigenvalue weighted by Gasteiger charge is 2.13. The van der Waals surface area contributed by atoms with Gasteiger partial charge in [0.15, 0.2) is 0 Å². The number of nitrogens with zero attached hydrogens (tertiary/aromatic N) is 2. The summed E-state index contributed by atoms with van der Waals surface area (Å²) in [6.07, 6.45) is 3.52. The molecule has 0 atom stereocenters. The number of carbonyl (C=O) groups is 1. The first-order valence-corrected chi connectivity index (χ1v) is 7.30. The normalized spacial score (nSPS) is 10.1. The molecule has 0 saturated carbocycles. The number of hydrogen-bond donors (Lipinski definition) is 2. The summed E-state index contributed by atoms with van der Waals surface area (Å²) >= 11 is 5.87. The zero-order valence-corrected chi connectivity index (χ0v) is 14.0. The molecule has 0 aliphatic carbocycles. The quantitative estimate of drug-likeness (QED) is 0.792. The van der Waals surface area contributed by atoms with Gasteiger partial charge in [0, 0.05) is 17.8 Å². The molecular weight excluding hydrogens is 323 g/mol. The van der Waals surface area contributed by atoms with E-state index in [2.05, 4.69) is 10.4 Å². The van der Waals surface area contributed by atoms with E-state index in [1.165, 1.54) is 0 Å². The average Bonchev–Trinajstić information content (AvgIpc) is 2.86. The number of nitrogens with two attached hydrogens (primary N) is 1. The van der Waals surface area contributed by atoms with Crippen LogP contribution in [-0.4, -0.2) is 28.8 Å². The first kappa shape index (κ1) is 18.5. The van der Waals surface area contributed by atoms with E-state index in [1.807, 2.05) is 19.1 Å². The van der Waals surface area contributed by atoms with Crippen LogP contribution in [0.4, 0.5) is 0 Å². The predicted octanol–water partition coefficient (Wildman–Crippen LogP) is 2.72. The van der Waals surface area contributed by atoms with Crippen LogP contribution < -0.4 is 11.1 Å². The van der Waals surface area contributed by atoms with E-state index in [9.17, 15) is 4.79 Å². The molecule has 7 heteroatoms. The van der Waals surface area contributed by atoms with E-state index in [-0.39, 0.29) is 18.3 Å². The van der Waals surface area contributed by atoms with Crippen LogP contribution in [0.3, 0.4) is 0 Å². The van der Waals surface area contributed by atoms with Crippen LogP contribution in [-0.2, 0) is 0 Å². The maximum atomic E-state index is 12.1. The van der Waals surface area contributed by atoms with Crippen molar-refractivity contribution >= 4 is 29.9 Å². The molecule has 1 aromatic carbocycles. The number of aromatic nitrogens is 2. The summed E-state index contributed by atoms with van der Waals surface area (Å²) in [4.78, 5) is 12.1. The van der Waals surface area contributed by atoms with Gasteiger partial charge in [0.2, 0.25) is 0 Å². The Morgan fingerprint density at radius 3 is 2.64 bits per heavy atom.